The van der Waals surface area contributed by atoms with Gasteiger partial charge < -0.3 is 9.64 Å². The molecule has 1 atom stereocenters. The lowest BCUT2D eigenvalue weighted by Gasteiger charge is -2.35. The van der Waals surface area contributed by atoms with Gasteiger partial charge in [0.2, 0.25) is 0 Å². The highest BCUT2D eigenvalue weighted by Crippen LogP contribution is 2.26. The Morgan fingerprint density at radius 3 is 2.60 bits per heavy atom. The minimum Gasteiger partial charge on any atom is -0.376 e. The average Bonchev–Trinajstić information content (AvgIpc) is 3.54. The van der Waals surface area contributed by atoms with E-state index in [1.165, 1.54) is 5.69 Å². The lowest BCUT2D eigenvalue weighted by atomic mass is 10.2. The first kappa shape index (κ1) is 19.9. The van der Waals surface area contributed by atoms with E-state index in [0.29, 0.717) is 0 Å². The Morgan fingerprint density at radius 2 is 1.90 bits per heavy atom. The Hall–Kier alpha value is -2.00. The van der Waals surface area contributed by atoms with E-state index in [0.717, 1.165) is 74.3 Å². The fourth-order valence-corrected chi connectivity index (χ4v) is 5.23. The number of thiophene rings is 1. The highest BCUT2D eigenvalue weighted by atomic mass is 32.1. The molecule has 0 saturated carbocycles. The lowest BCUT2D eigenvalue weighted by Crippen LogP contribution is -2.47. The molecular weight excluding hydrogens is 414 g/mol. The van der Waals surface area contributed by atoms with Crippen molar-refractivity contribution in [2.45, 2.75) is 32.2 Å². The summed E-state index contributed by atoms with van der Waals surface area (Å²) in [4.78, 5) is 6.05. The fourth-order valence-electron chi connectivity index (χ4n) is 4.25. The number of ether oxygens (including phenoxy) is 1. The molecule has 2 aromatic heterocycles. The minimum absolute atomic E-state index is 0.238. The zero-order chi connectivity index (χ0) is 20.3. The molecule has 0 N–H and O–H groups in total. The zero-order valence-electron chi connectivity index (χ0n) is 17.0. The van der Waals surface area contributed by atoms with Crippen LogP contribution in [0, 0.1) is 4.77 Å². The number of nitrogens with zero attached hydrogens (tertiary/aromatic N) is 5. The summed E-state index contributed by atoms with van der Waals surface area (Å²) >= 11 is 7.58. The Morgan fingerprint density at radius 1 is 1.07 bits per heavy atom. The summed E-state index contributed by atoms with van der Waals surface area (Å²) in [5.41, 5.74) is 1.30. The summed E-state index contributed by atoms with van der Waals surface area (Å²) in [6.45, 7) is 6.42. The van der Waals surface area contributed by atoms with E-state index in [1.54, 1.807) is 11.3 Å². The molecule has 2 saturated heterocycles. The number of aromatic nitrogens is 3. The predicted molar refractivity (Wildman–Crippen MR) is 124 cm³/mol. The molecule has 0 amide bonds. The van der Waals surface area contributed by atoms with Crippen LogP contribution in [0.5, 0.6) is 0 Å². The Labute approximate surface area is 186 Å². The molecule has 4 heterocycles. The Bertz CT molecular complexity index is 1000. The molecule has 0 aliphatic carbocycles. The molecule has 8 heteroatoms. The Balaban J connectivity index is 1.32. The van der Waals surface area contributed by atoms with Gasteiger partial charge >= 0.3 is 0 Å². The standard InChI is InChI=1S/C22H27N5OS2/c29-22-26(16-19-8-4-14-28-19)21(20-9-5-15-30-20)23-27(22)17-24-10-12-25(13-11-24)18-6-2-1-3-7-18/h1-3,5-7,9,15,19H,4,8,10-14,16-17H2. The molecule has 0 spiro atoms. The van der Waals surface area contributed by atoms with Gasteiger partial charge in [-0.05, 0) is 48.6 Å². The van der Waals surface area contributed by atoms with Crippen molar-refractivity contribution in [2.24, 2.45) is 0 Å². The van der Waals surface area contributed by atoms with E-state index in [4.69, 9.17) is 22.1 Å². The van der Waals surface area contributed by atoms with Crippen LogP contribution in [0.15, 0.2) is 47.8 Å². The van der Waals surface area contributed by atoms with Crippen molar-refractivity contribution >= 4 is 29.2 Å². The predicted octanol–water partition coefficient (Wildman–Crippen LogP) is 4.10. The molecule has 158 valence electrons. The molecule has 5 rings (SSSR count). The topological polar surface area (TPSA) is 38.5 Å². The van der Waals surface area contributed by atoms with Crippen LogP contribution < -0.4 is 4.90 Å². The normalized spacial score (nSPS) is 20.1. The number of anilines is 1. The van der Waals surface area contributed by atoms with Gasteiger partial charge in [0.25, 0.3) is 0 Å². The molecule has 1 aromatic carbocycles. The SMILES string of the molecule is S=c1n(CN2CCN(c3ccccc3)CC2)nc(-c2cccs2)n1CC1CCCO1. The highest BCUT2D eigenvalue weighted by Gasteiger charge is 2.23. The van der Waals surface area contributed by atoms with Crippen molar-refractivity contribution in [1.29, 1.82) is 0 Å². The molecule has 3 aromatic rings. The molecule has 6 nitrogen and oxygen atoms in total. The van der Waals surface area contributed by atoms with E-state index in [9.17, 15) is 0 Å². The van der Waals surface area contributed by atoms with Crippen LogP contribution in [0.1, 0.15) is 12.8 Å². The maximum absolute atomic E-state index is 5.88. The molecule has 2 aliphatic heterocycles. The summed E-state index contributed by atoms with van der Waals surface area (Å²) in [6.07, 6.45) is 2.47. The minimum atomic E-state index is 0.238. The fraction of sp³-hybridized carbons (Fsp3) is 0.455. The summed E-state index contributed by atoms with van der Waals surface area (Å²) in [7, 11) is 0. The van der Waals surface area contributed by atoms with Crippen molar-refractivity contribution in [3.05, 3.63) is 52.6 Å². The number of piperazine rings is 1. The third-order valence-electron chi connectivity index (χ3n) is 5.90. The third kappa shape index (κ3) is 4.23. The lowest BCUT2D eigenvalue weighted by molar-refractivity contribution is 0.0966. The summed E-state index contributed by atoms with van der Waals surface area (Å²) in [6, 6.07) is 14.8. The van der Waals surface area contributed by atoms with E-state index < -0.39 is 0 Å². The number of hydrogen-bond donors (Lipinski definition) is 0. The van der Waals surface area contributed by atoms with Crippen molar-refractivity contribution in [1.82, 2.24) is 19.2 Å². The molecule has 2 aliphatic rings. The van der Waals surface area contributed by atoms with Gasteiger partial charge in [0.15, 0.2) is 10.6 Å². The quantitative estimate of drug-likeness (QED) is 0.539. The summed E-state index contributed by atoms with van der Waals surface area (Å²) in [5, 5.41) is 7.03. The Kier molecular flexibility index (Phi) is 5.99. The van der Waals surface area contributed by atoms with Crippen LogP contribution in [-0.4, -0.2) is 58.1 Å². The van der Waals surface area contributed by atoms with Gasteiger partial charge in [-0.2, -0.15) is 0 Å². The van der Waals surface area contributed by atoms with Crippen LogP contribution in [0.25, 0.3) is 10.7 Å². The molecule has 0 radical (unpaired) electrons. The van der Waals surface area contributed by atoms with Crippen molar-refractivity contribution in [3.8, 4) is 10.7 Å². The monoisotopic (exact) mass is 441 g/mol. The van der Waals surface area contributed by atoms with Crippen molar-refractivity contribution in [2.75, 3.05) is 37.7 Å². The number of para-hydroxylation sites is 1. The van der Waals surface area contributed by atoms with E-state index in [2.05, 4.69) is 62.2 Å². The van der Waals surface area contributed by atoms with Gasteiger partial charge in [-0.15, -0.1) is 16.4 Å². The molecular formula is C22H27N5OS2. The van der Waals surface area contributed by atoms with Gasteiger partial charge in [0.05, 0.1) is 24.2 Å². The smallest absolute Gasteiger partial charge is 0.199 e. The summed E-state index contributed by atoms with van der Waals surface area (Å²) < 4.78 is 10.8. The highest BCUT2D eigenvalue weighted by molar-refractivity contribution is 7.71. The van der Waals surface area contributed by atoms with E-state index >= 15 is 0 Å². The van der Waals surface area contributed by atoms with Crippen molar-refractivity contribution < 1.29 is 4.74 Å². The first-order valence-corrected chi connectivity index (χ1v) is 11.9. The molecule has 0 bridgehead atoms. The molecule has 1 unspecified atom stereocenters. The van der Waals surface area contributed by atoms with Gasteiger partial charge in [0.1, 0.15) is 0 Å². The maximum atomic E-state index is 5.88. The van der Waals surface area contributed by atoms with E-state index in [1.807, 2.05) is 4.68 Å². The van der Waals surface area contributed by atoms with Crippen LogP contribution in [0.4, 0.5) is 5.69 Å². The molecule has 2 fully saturated rings. The van der Waals surface area contributed by atoms with E-state index in [-0.39, 0.29) is 6.10 Å². The summed E-state index contributed by atoms with van der Waals surface area (Å²) in [5.74, 6) is 0.966. The zero-order valence-corrected chi connectivity index (χ0v) is 18.7. The average molecular weight is 442 g/mol. The first-order chi connectivity index (χ1) is 14.8. The van der Waals surface area contributed by atoms with Crippen LogP contribution in [-0.2, 0) is 18.0 Å². The van der Waals surface area contributed by atoms with Gasteiger partial charge in [-0.3, -0.25) is 9.47 Å². The second kappa shape index (κ2) is 9.01. The number of hydrogen-bond acceptors (Lipinski definition) is 6. The first-order valence-electron chi connectivity index (χ1n) is 10.6. The van der Waals surface area contributed by atoms with Crippen LogP contribution in [0.3, 0.4) is 0 Å². The van der Waals surface area contributed by atoms with Crippen LogP contribution in [0.2, 0.25) is 0 Å². The van der Waals surface area contributed by atoms with Crippen LogP contribution >= 0.6 is 23.6 Å². The van der Waals surface area contributed by atoms with Gasteiger partial charge in [-0.25, -0.2) is 4.68 Å². The molecule has 30 heavy (non-hydrogen) atoms. The van der Waals surface area contributed by atoms with Gasteiger partial charge in [0, 0.05) is 38.5 Å². The third-order valence-corrected chi connectivity index (χ3v) is 7.20. The second-order valence-corrected chi connectivity index (χ2v) is 9.22. The number of rotatable bonds is 6. The second-order valence-electron chi connectivity index (χ2n) is 7.91. The maximum Gasteiger partial charge on any atom is 0.199 e. The van der Waals surface area contributed by atoms with Gasteiger partial charge in [-0.1, -0.05) is 24.3 Å². The van der Waals surface area contributed by atoms with Crippen molar-refractivity contribution in [3.63, 3.8) is 0 Å². The largest absolute Gasteiger partial charge is 0.376 e. The number of benzene rings is 1.